The molecule has 1 rings (SSSR count). The summed E-state index contributed by atoms with van der Waals surface area (Å²) in [5, 5.41) is 11.8. The maximum Gasteiger partial charge on any atom is 0.253 e. The van der Waals surface area contributed by atoms with Crippen LogP contribution in [-0.4, -0.2) is 22.0 Å². The van der Waals surface area contributed by atoms with Crippen molar-refractivity contribution >= 4 is 5.91 Å². The van der Waals surface area contributed by atoms with Gasteiger partial charge in [0.1, 0.15) is 5.75 Å². The van der Waals surface area contributed by atoms with Gasteiger partial charge in [0.2, 0.25) is 0 Å². The van der Waals surface area contributed by atoms with Crippen molar-refractivity contribution in [2.24, 2.45) is 0 Å². The van der Waals surface area contributed by atoms with E-state index in [1.165, 1.54) is 18.5 Å². The molecule has 0 fully saturated rings. The van der Waals surface area contributed by atoms with Crippen LogP contribution in [0.2, 0.25) is 0 Å². The topological polar surface area (TPSA) is 62.2 Å². The highest BCUT2D eigenvalue weighted by atomic mass is 16.3. The van der Waals surface area contributed by atoms with Gasteiger partial charge in [-0.25, -0.2) is 0 Å². The molecule has 0 aliphatic heterocycles. The fourth-order valence-electron chi connectivity index (χ4n) is 1.06. The summed E-state index contributed by atoms with van der Waals surface area (Å²) in [6.45, 7) is 1.88. The first-order valence-electron chi connectivity index (χ1n) is 4.58. The van der Waals surface area contributed by atoms with E-state index in [2.05, 4.69) is 16.2 Å². The van der Waals surface area contributed by atoms with Gasteiger partial charge >= 0.3 is 0 Å². The number of hydrogen-bond acceptors (Lipinski definition) is 3. The fourth-order valence-corrected chi connectivity index (χ4v) is 1.06. The Bertz CT molecular complexity index is 396. The smallest absolute Gasteiger partial charge is 0.253 e. The monoisotopic (exact) mass is 204 g/mol. The molecule has 0 aliphatic rings. The van der Waals surface area contributed by atoms with Crippen molar-refractivity contribution < 1.29 is 9.90 Å². The Balaban J connectivity index is 2.74. The molecule has 0 saturated heterocycles. The Morgan fingerprint density at radius 2 is 2.47 bits per heavy atom. The molecule has 1 atom stereocenters. The molecular formula is C11H12N2O2. The Labute approximate surface area is 88.3 Å². The van der Waals surface area contributed by atoms with Crippen LogP contribution in [-0.2, 0) is 0 Å². The lowest BCUT2D eigenvalue weighted by molar-refractivity contribution is 0.0944. The summed E-state index contributed by atoms with van der Waals surface area (Å²) in [7, 11) is 0. The second-order valence-corrected chi connectivity index (χ2v) is 3.03. The van der Waals surface area contributed by atoms with Crippen molar-refractivity contribution in [1.82, 2.24) is 10.3 Å². The molecule has 0 aromatic carbocycles. The van der Waals surface area contributed by atoms with Crippen molar-refractivity contribution in [3.05, 3.63) is 24.0 Å². The maximum atomic E-state index is 11.6. The lowest BCUT2D eigenvalue weighted by Crippen LogP contribution is -2.33. The molecular weight excluding hydrogens is 192 g/mol. The summed E-state index contributed by atoms with van der Waals surface area (Å²) >= 11 is 0. The van der Waals surface area contributed by atoms with Gasteiger partial charge in [-0.15, -0.1) is 6.42 Å². The molecule has 1 unspecified atom stereocenters. The van der Waals surface area contributed by atoms with E-state index in [9.17, 15) is 4.79 Å². The van der Waals surface area contributed by atoms with Crippen LogP contribution < -0.4 is 5.32 Å². The van der Waals surface area contributed by atoms with E-state index in [1.807, 2.05) is 6.92 Å². The van der Waals surface area contributed by atoms with Crippen LogP contribution in [0.5, 0.6) is 5.75 Å². The maximum absolute atomic E-state index is 11.6. The second kappa shape index (κ2) is 5.01. The van der Waals surface area contributed by atoms with Gasteiger partial charge in [0.15, 0.2) is 0 Å². The van der Waals surface area contributed by atoms with Gasteiger partial charge < -0.3 is 10.4 Å². The van der Waals surface area contributed by atoms with E-state index in [0.29, 0.717) is 12.0 Å². The number of nitrogens with zero attached hydrogens (tertiary/aromatic N) is 1. The number of carbonyl (C=O) groups excluding carboxylic acids is 1. The van der Waals surface area contributed by atoms with Crippen molar-refractivity contribution in [3.8, 4) is 18.1 Å². The number of rotatable bonds is 3. The van der Waals surface area contributed by atoms with E-state index in [1.54, 1.807) is 0 Å². The molecule has 4 nitrogen and oxygen atoms in total. The first-order chi connectivity index (χ1) is 7.17. The van der Waals surface area contributed by atoms with Crippen LogP contribution in [0.15, 0.2) is 18.5 Å². The van der Waals surface area contributed by atoms with E-state index < -0.39 is 0 Å². The molecule has 1 aromatic heterocycles. The molecule has 0 aliphatic carbocycles. The molecule has 4 heteroatoms. The minimum Gasteiger partial charge on any atom is -0.506 e. The first kappa shape index (κ1) is 11.1. The van der Waals surface area contributed by atoms with Gasteiger partial charge in [0.25, 0.3) is 5.91 Å². The molecule has 1 heterocycles. The minimum absolute atomic E-state index is 0.0450. The highest BCUT2D eigenvalue weighted by Crippen LogP contribution is 2.08. The van der Waals surface area contributed by atoms with Crippen LogP contribution in [0.4, 0.5) is 0 Å². The zero-order valence-electron chi connectivity index (χ0n) is 8.40. The van der Waals surface area contributed by atoms with E-state index in [0.717, 1.165) is 0 Å². The van der Waals surface area contributed by atoms with Gasteiger partial charge in [-0.2, -0.15) is 0 Å². The van der Waals surface area contributed by atoms with Crippen LogP contribution in [0, 0.1) is 12.3 Å². The molecule has 1 aromatic rings. The molecule has 1 amide bonds. The lowest BCUT2D eigenvalue weighted by atomic mass is 10.2. The largest absolute Gasteiger partial charge is 0.506 e. The quantitative estimate of drug-likeness (QED) is 0.720. The van der Waals surface area contributed by atoms with Gasteiger partial charge in [-0.1, -0.05) is 12.8 Å². The summed E-state index contributed by atoms with van der Waals surface area (Å²) in [6, 6.07) is 1.05. The van der Waals surface area contributed by atoms with E-state index in [4.69, 9.17) is 11.5 Å². The third-order valence-electron chi connectivity index (χ3n) is 1.90. The number of nitrogens with one attached hydrogen (secondary N) is 1. The summed E-state index contributed by atoms with van der Waals surface area (Å²) in [6.07, 6.45) is 8.50. The van der Waals surface area contributed by atoms with Crippen molar-refractivity contribution in [3.63, 3.8) is 0 Å². The minimum atomic E-state index is -0.330. The van der Waals surface area contributed by atoms with Gasteiger partial charge in [-0.05, 0) is 12.5 Å². The highest BCUT2D eigenvalue weighted by molar-refractivity contribution is 5.94. The Kier molecular flexibility index (Phi) is 3.69. The number of aromatic nitrogens is 1. The Morgan fingerprint density at radius 3 is 3.00 bits per heavy atom. The third kappa shape index (κ3) is 2.99. The Morgan fingerprint density at radius 1 is 1.73 bits per heavy atom. The average Bonchev–Trinajstić information content (AvgIpc) is 2.25. The fraction of sp³-hybridized carbons (Fsp3) is 0.273. The standard InChI is InChI=1S/C11H12N2O2/c1-3-9(4-2)13-11(15)8-5-10(14)7-12-6-8/h1,5-7,9,14H,4H2,2H3,(H,13,15). The van der Waals surface area contributed by atoms with Crippen molar-refractivity contribution in [2.75, 3.05) is 0 Å². The molecule has 2 N–H and O–H groups in total. The number of terminal acetylenes is 1. The summed E-state index contributed by atoms with van der Waals surface area (Å²) in [4.78, 5) is 15.3. The van der Waals surface area contributed by atoms with Gasteiger partial charge in [-0.3, -0.25) is 9.78 Å². The summed E-state index contributed by atoms with van der Waals surface area (Å²) < 4.78 is 0. The zero-order chi connectivity index (χ0) is 11.3. The molecule has 0 radical (unpaired) electrons. The van der Waals surface area contributed by atoms with E-state index in [-0.39, 0.29) is 17.7 Å². The molecule has 78 valence electrons. The van der Waals surface area contributed by atoms with Gasteiger partial charge in [0.05, 0.1) is 17.8 Å². The second-order valence-electron chi connectivity index (χ2n) is 3.03. The summed E-state index contributed by atoms with van der Waals surface area (Å²) in [5.74, 6) is 2.08. The lowest BCUT2D eigenvalue weighted by Gasteiger charge is -2.10. The number of hydrogen-bond donors (Lipinski definition) is 2. The number of amides is 1. The zero-order valence-corrected chi connectivity index (χ0v) is 8.40. The normalized spacial score (nSPS) is 11.5. The molecule has 0 saturated carbocycles. The average molecular weight is 204 g/mol. The molecule has 0 bridgehead atoms. The molecule has 0 spiro atoms. The number of pyridine rings is 1. The van der Waals surface area contributed by atoms with Crippen molar-refractivity contribution in [1.29, 1.82) is 0 Å². The predicted octanol–water partition coefficient (Wildman–Crippen LogP) is 0.929. The number of carbonyl (C=O) groups is 1. The highest BCUT2D eigenvalue weighted by Gasteiger charge is 2.10. The first-order valence-corrected chi connectivity index (χ1v) is 4.58. The van der Waals surface area contributed by atoms with Gasteiger partial charge in [0, 0.05) is 6.20 Å². The predicted molar refractivity (Wildman–Crippen MR) is 56.3 cm³/mol. The van der Waals surface area contributed by atoms with Crippen molar-refractivity contribution in [2.45, 2.75) is 19.4 Å². The Hall–Kier alpha value is -2.02. The van der Waals surface area contributed by atoms with Crippen LogP contribution in [0.3, 0.4) is 0 Å². The SMILES string of the molecule is C#CC(CC)NC(=O)c1cncc(O)c1. The van der Waals surface area contributed by atoms with Crippen LogP contribution in [0.1, 0.15) is 23.7 Å². The summed E-state index contributed by atoms with van der Waals surface area (Å²) in [5.41, 5.74) is 0.295. The van der Waals surface area contributed by atoms with E-state index >= 15 is 0 Å². The van der Waals surface area contributed by atoms with Crippen LogP contribution >= 0.6 is 0 Å². The van der Waals surface area contributed by atoms with Crippen LogP contribution in [0.25, 0.3) is 0 Å². The number of aromatic hydroxyl groups is 1. The molecule has 15 heavy (non-hydrogen) atoms. The third-order valence-corrected chi connectivity index (χ3v) is 1.90.